The summed E-state index contributed by atoms with van der Waals surface area (Å²) in [6, 6.07) is 19.9. The van der Waals surface area contributed by atoms with Crippen LogP contribution in [0.4, 0.5) is 10.5 Å². The third-order valence-corrected chi connectivity index (χ3v) is 6.96. The van der Waals surface area contributed by atoms with Gasteiger partial charge in [-0.2, -0.15) is 0 Å². The predicted octanol–water partition coefficient (Wildman–Crippen LogP) is 7.46. The molecular formula is C27H27Cl2N5O2S. The summed E-state index contributed by atoms with van der Waals surface area (Å²) in [7, 11) is 0. The van der Waals surface area contributed by atoms with Crippen LogP contribution < -0.4 is 15.4 Å². The van der Waals surface area contributed by atoms with Gasteiger partial charge in [-0.05, 0) is 68.8 Å². The van der Waals surface area contributed by atoms with Gasteiger partial charge < -0.3 is 15.4 Å². The van der Waals surface area contributed by atoms with Gasteiger partial charge in [0.15, 0.2) is 11.0 Å². The topological polar surface area (TPSA) is 81.1 Å². The van der Waals surface area contributed by atoms with Crippen molar-refractivity contribution in [3.05, 3.63) is 93.7 Å². The molecule has 0 fully saturated rings. The van der Waals surface area contributed by atoms with E-state index in [-0.39, 0.29) is 6.03 Å². The van der Waals surface area contributed by atoms with Gasteiger partial charge in [0, 0.05) is 16.5 Å². The number of carbonyl (C=O) groups excluding carboxylic acids is 1. The summed E-state index contributed by atoms with van der Waals surface area (Å²) < 4.78 is 7.31. The summed E-state index contributed by atoms with van der Waals surface area (Å²) in [5.74, 6) is 1.98. The highest BCUT2D eigenvalue weighted by atomic mass is 35.5. The average molecular weight is 557 g/mol. The largest absolute Gasteiger partial charge is 0.494 e. The molecule has 0 aliphatic heterocycles. The second-order valence-corrected chi connectivity index (χ2v) is 10.1. The normalized spacial score (nSPS) is 11.7. The summed E-state index contributed by atoms with van der Waals surface area (Å²) in [6.45, 7) is 6.41. The number of aryl methyl sites for hydroxylation is 1. The van der Waals surface area contributed by atoms with E-state index in [2.05, 4.69) is 46.0 Å². The highest BCUT2D eigenvalue weighted by Gasteiger charge is 2.23. The number of ether oxygens (including phenoxy) is 1. The van der Waals surface area contributed by atoms with Crippen LogP contribution in [0.1, 0.15) is 36.8 Å². The van der Waals surface area contributed by atoms with Crippen molar-refractivity contribution < 1.29 is 9.53 Å². The molecule has 0 saturated heterocycles. The van der Waals surface area contributed by atoms with Crippen LogP contribution in [0.5, 0.6) is 5.75 Å². The number of nitrogens with zero attached hydrogens (tertiary/aromatic N) is 3. The summed E-state index contributed by atoms with van der Waals surface area (Å²) in [5, 5.41) is 16.3. The van der Waals surface area contributed by atoms with E-state index in [0.717, 1.165) is 5.75 Å². The minimum Gasteiger partial charge on any atom is -0.494 e. The number of carbonyl (C=O) groups is 1. The van der Waals surface area contributed by atoms with E-state index >= 15 is 0 Å². The van der Waals surface area contributed by atoms with E-state index < -0.39 is 6.04 Å². The Morgan fingerprint density at radius 1 is 1.08 bits per heavy atom. The lowest BCUT2D eigenvalue weighted by Gasteiger charge is -2.18. The Kier molecular flexibility index (Phi) is 8.97. The Hall–Kier alpha value is -3.20. The van der Waals surface area contributed by atoms with Crippen molar-refractivity contribution in [2.24, 2.45) is 0 Å². The highest BCUT2D eigenvalue weighted by Crippen LogP contribution is 2.32. The number of halogens is 2. The molecular weight excluding hydrogens is 529 g/mol. The minimum absolute atomic E-state index is 0.373. The highest BCUT2D eigenvalue weighted by molar-refractivity contribution is 7.98. The lowest BCUT2D eigenvalue weighted by atomic mass is 10.2. The first kappa shape index (κ1) is 26.9. The van der Waals surface area contributed by atoms with Gasteiger partial charge in [-0.15, -0.1) is 10.2 Å². The molecule has 7 nitrogen and oxygen atoms in total. The number of anilines is 1. The molecule has 0 saturated carbocycles. The molecule has 3 aromatic carbocycles. The number of urea groups is 1. The Morgan fingerprint density at radius 2 is 1.86 bits per heavy atom. The van der Waals surface area contributed by atoms with E-state index in [4.69, 9.17) is 27.9 Å². The van der Waals surface area contributed by atoms with Crippen LogP contribution in [0.25, 0.3) is 5.69 Å². The molecule has 4 aromatic rings. The Balaban J connectivity index is 1.56. The quantitative estimate of drug-likeness (QED) is 0.209. The van der Waals surface area contributed by atoms with Gasteiger partial charge >= 0.3 is 6.03 Å². The van der Waals surface area contributed by atoms with E-state index in [9.17, 15) is 4.79 Å². The maximum atomic E-state index is 12.8. The zero-order chi connectivity index (χ0) is 26.4. The second-order valence-electron chi connectivity index (χ2n) is 8.33. The molecule has 0 aliphatic carbocycles. The third kappa shape index (κ3) is 6.97. The number of benzene rings is 3. The van der Waals surface area contributed by atoms with Crippen LogP contribution >= 0.6 is 35.0 Å². The van der Waals surface area contributed by atoms with Gasteiger partial charge in [0.1, 0.15) is 5.75 Å². The molecule has 1 heterocycles. The van der Waals surface area contributed by atoms with E-state index in [0.29, 0.717) is 44.8 Å². The number of nitrogens with one attached hydrogen (secondary N) is 2. The molecule has 0 aliphatic rings. The minimum atomic E-state index is -0.477. The number of aromatic nitrogens is 3. The Bertz CT molecular complexity index is 1380. The first-order valence-electron chi connectivity index (χ1n) is 11.7. The molecule has 4 rings (SSSR count). The average Bonchev–Trinajstić information content (AvgIpc) is 3.28. The third-order valence-electron chi connectivity index (χ3n) is 5.42. The second kappa shape index (κ2) is 12.4. The standard InChI is InChI=1S/C27H27Cl2N5O2S/c1-4-36-22-11-9-21(10-12-22)31-26(35)30-18(3)25-32-33-27(37-16-19-7-5-6-17(2)14-19)34(25)24-13-8-20(28)15-23(24)29/h5-15,18H,4,16H2,1-3H3,(H2,30,31,35). The molecule has 10 heteroatoms. The molecule has 2 N–H and O–H groups in total. The number of hydrogen-bond acceptors (Lipinski definition) is 5. The van der Waals surface area contributed by atoms with Gasteiger partial charge in [0.05, 0.1) is 23.4 Å². The Labute approximate surface area is 230 Å². The van der Waals surface area contributed by atoms with Gasteiger partial charge in [0.2, 0.25) is 0 Å². The van der Waals surface area contributed by atoms with Crippen LogP contribution in [0.2, 0.25) is 10.0 Å². The molecule has 1 atom stereocenters. The summed E-state index contributed by atoms with van der Waals surface area (Å²) in [4.78, 5) is 12.8. The van der Waals surface area contributed by atoms with Crippen molar-refractivity contribution in [2.45, 2.75) is 37.7 Å². The van der Waals surface area contributed by atoms with E-state index in [1.54, 1.807) is 36.4 Å². The van der Waals surface area contributed by atoms with Crippen molar-refractivity contribution in [3.8, 4) is 11.4 Å². The van der Waals surface area contributed by atoms with Crippen LogP contribution in [-0.2, 0) is 5.75 Å². The smallest absolute Gasteiger partial charge is 0.319 e. The molecule has 1 aromatic heterocycles. The molecule has 1 unspecified atom stereocenters. The first-order valence-corrected chi connectivity index (χ1v) is 13.5. The fourth-order valence-corrected chi connectivity index (χ4v) is 5.11. The molecule has 2 amide bonds. The van der Waals surface area contributed by atoms with Crippen LogP contribution in [0.3, 0.4) is 0 Å². The Morgan fingerprint density at radius 3 is 2.57 bits per heavy atom. The van der Waals surface area contributed by atoms with Crippen LogP contribution in [-0.4, -0.2) is 27.4 Å². The zero-order valence-corrected chi connectivity index (χ0v) is 23.0. The van der Waals surface area contributed by atoms with Gasteiger partial charge in [-0.3, -0.25) is 4.57 Å². The maximum absolute atomic E-state index is 12.8. The van der Waals surface area contributed by atoms with Crippen molar-refractivity contribution in [1.29, 1.82) is 0 Å². The number of amides is 2. The maximum Gasteiger partial charge on any atom is 0.319 e. The van der Waals surface area contributed by atoms with Crippen molar-refractivity contribution in [3.63, 3.8) is 0 Å². The SMILES string of the molecule is CCOc1ccc(NC(=O)NC(C)c2nnc(SCc3cccc(C)c3)n2-c2ccc(Cl)cc2Cl)cc1. The lowest BCUT2D eigenvalue weighted by Crippen LogP contribution is -2.32. The molecule has 37 heavy (non-hydrogen) atoms. The zero-order valence-electron chi connectivity index (χ0n) is 20.7. The van der Waals surface area contributed by atoms with E-state index in [1.807, 2.05) is 30.5 Å². The number of rotatable bonds is 9. The summed E-state index contributed by atoms with van der Waals surface area (Å²) >= 11 is 14.3. The fourth-order valence-electron chi connectivity index (χ4n) is 3.72. The van der Waals surface area contributed by atoms with Gasteiger partial charge in [-0.1, -0.05) is 64.8 Å². The van der Waals surface area contributed by atoms with Gasteiger partial charge in [0.25, 0.3) is 0 Å². The number of hydrogen-bond donors (Lipinski definition) is 2. The predicted molar refractivity (Wildman–Crippen MR) is 150 cm³/mol. The van der Waals surface area contributed by atoms with E-state index in [1.165, 1.54) is 22.9 Å². The monoisotopic (exact) mass is 555 g/mol. The van der Waals surface area contributed by atoms with Crippen molar-refractivity contribution >= 4 is 46.7 Å². The molecule has 0 bridgehead atoms. The first-order chi connectivity index (χ1) is 17.8. The van der Waals surface area contributed by atoms with Crippen molar-refractivity contribution in [2.75, 3.05) is 11.9 Å². The number of thioether (sulfide) groups is 1. The molecule has 0 spiro atoms. The summed E-state index contributed by atoms with van der Waals surface area (Å²) in [6.07, 6.45) is 0. The molecule has 192 valence electrons. The lowest BCUT2D eigenvalue weighted by molar-refractivity contribution is 0.248. The molecule has 0 radical (unpaired) electrons. The fraction of sp³-hybridized carbons (Fsp3) is 0.222. The van der Waals surface area contributed by atoms with Crippen LogP contribution in [0.15, 0.2) is 71.9 Å². The van der Waals surface area contributed by atoms with Crippen LogP contribution in [0, 0.1) is 6.92 Å². The summed E-state index contributed by atoms with van der Waals surface area (Å²) in [5.41, 5.74) is 3.68. The van der Waals surface area contributed by atoms with Crippen molar-refractivity contribution in [1.82, 2.24) is 20.1 Å². The van der Waals surface area contributed by atoms with Gasteiger partial charge in [-0.25, -0.2) is 4.79 Å².